The maximum atomic E-state index is 18.8. The third-order valence-corrected chi connectivity index (χ3v) is 36.3. The smallest absolute Gasteiger partial charge is 0.417 e. The summed E-state index contributed by atoms with van der Waals surface area (Å²) in [4.78, 5) is 87.6. The van der Waals surface area contributed by atoms with E-state index in [4.69, 9.17) is 26.8 Å². The van der Waals surface area contributed by atoms with E-state index in [9.17, 15) is 28.8 Å². The second kappa shape index (κ2) is 29.2. The lowest BCUT2D eigenvalue weighted by molar-refractivity contribution is 0.110. The normalized spacial score (nSPS) is 14.3. The van der Waals surface area contributed by atoms with Crippen molar-refractivity contribution < 1.29 is 60.2 Å². The van der Waals surface area contributed by atoms with Crippen molar-refractivity contribution in [3.05, 3.63) is 83.5 Å². The van der Waals surface area contributed by atoms with Crippen LogP contribution < -0.4 is 13.6 Å². The van der Waals surface area contributed by atoms with Crippen molar-refractivity contribution in [1.29, 1.82) is 0 Å². The van der Waals surface area contributed by atoms with Gasteiger partial charge < -0.3 is 26.8 Å². The molecule has 13 nitrogen and oxygen atoms in total. The van der Waals surface area contributed by atoms with E-state index in [0.29, 0.717) is 69.3 Å². The zero-order valence-corrected chi connectivity index (χ0v) is 72.9. The minimum absolute atomic E-state index is 0.118. The number of carbonyl (C=O) groups excluding carboxylic acids is 6. The number of phosphoric acid groups is 1. The Kier molecular flexibility index (Phi) is 26.2. The van der Waals surface area contributed by atoms with Gasteiger partial charge in [0.25, 0.3) is 0 Å². The van der Waals surface area contributed by atoms with Crippen LogP contribution in [-0.2, 0) is 66.6 Å². The predicted molar refractivity (Wildman–Crippen MR) is 416 cm³/mol. The Bertz CT molecular complexity index is 3150. The molecule has 17 heteroatoms. The highest BCUT2D eigenvalue weighted by Crippen LogP contribution is 2.63. The largest absolute Gasteiger partial charge is 0.647 e. The second-order valence-corrected chi connectivity index (χ2v) is 56.4. The van der Waals surface area contributed by atoms with E-state index in [0.717, 1.165) is 37.7 Å². The van der Waals surface area contributed by atoms with Crippen molar-refractivity contribution >= 4 is 70.5 Å². The zero-order valence-electron chi connectivity index (χ0n) is 69.0. The molecule has 0 aliphatic heterocycles. The summed E-state index contributed by atoms with van der Waals surface area (Å²) in [5.74, 6) is -0.355. The Morgan fingerprint density at radius 3 is 0.551 bits per heavy atom. The molecule has 0 aromatic heterocycles. The summed E-state index contributed by atoms with van der Waals surface area (Å²) >= 11 is 0. The Hall–Kier alpha value is -4.16. The highest BCUT2D eigenvalue weighted by atomic mass is 31.2. The maximum Gasteiger partial charge on any atom is 0.647 e. The SMILES string of the molecule is CC(C)(C)c1c(C=O)c(C(C)(C)C)c(OP(=O)(Oc2c(C(C)(C)C)c(C=O)c(C(C)(C)C)c(C=O)c2C(C)(C)CCO[Si](C)(C)C(C)(C)C)Oc2c(C(C)(C)C)c(C=O)c(C(C)(C)C)c(C=O)c2C(C)(C)CCO[Si](C)(C)C(C)(C)C)c(C(C)(C)CCO[Si](C)(C)C(C)(C)C)c1C=O. The highest BCUT2D eigenvalue weighted by Gasteiger charge is 2.51. The molecule has 554 valence electrons. The summed E-state index contributed by atoms with van der Waals surface area (Å²) in [5.41, 5.74) is -4.92. The van der Waals surface area contributed by atoms with E-state index in [1.165, 1.54) is 0 Å². The van der Waals surface area contributed by atoms with Gasteiger partial charge in [-0.05, 0) is 139 Å². The fourth-order valence-electron chi connectivity index (χ4n) is 13.0. The minimum atomic E-state index is -5.81. The lowest BCUT2D eigenvalue weighted by Crippen LogP contribution is -2.42. The monoisotopic (exact) mass is 1430 g/mol. The lowest BCUT2D eigenvalue weighted by atomic mass is 9.68. The van der Waals surface area contributed by atoms with Gasteiger partial charge >= 0.3 is 7.82 Å². The van der Waals surface area contributed by atoms with E-state index in [2.05, 4.69) is 102 Å². The predicted octanol–water partition coefficient (Wildman–Crippen LogP) is 23.1. The molecule has 0 aliphatic rings. The Morgan fingerprint density at radius 1 is 0.265 bits per heavy atom. The number of hydrogen-bond donors (Lipinski definition) is 0. The number of benzene rings is 3. The van der Waals surface area contributed by atoms with Gasteiger partial charge in [-0.25, -0.2) is 0 Å². The van der Waals surface area contributed by atoms with Crippen LogP contribution in [0.25, 0.3) is 0 Å². The summed E-state index contributed by atoms with van der Waals surface area (Å²) in [7, 11) is -13.0. The average molecular weight is 1430 g/mol. The second-order valence-electron chi connectivity index (χ2n) is 40.5. The highest BCUT2D eigenvalue weighted by molar-refractivity contribution is 7.49. The fraction of sp³-hybridized carbons (Fsp3) is 0.704. The van der Waals surface area contributed by atoms with Crippen molar-refractivity contribution in [2.45, 2.75) is 351 Å². The van der Waals surface area contributed by atoms with Crippen LogP contribution >= 0.6 is 7.82 Å². The van der Waals surface area contributed by atoms with E-state index >= 15 is 4.57 Å². The van der Waals surface area contributed by atoms with Gasteiger partial charge in [-0.2, -0.15) is 4.57 Å². The molecule has 0 heterocycles. The van der Waals surface area contributed by atoms with Crippen molar-refractivity contribution in [2.75, 3.05) is 19.8 Å². The molecule has 0 aliphatic carbocycles. The first-order valence-electron chi connectivity index (χ1n) is 35.5. The molecule has 0 saturated heterocycles. The first-order chi connectivity index (χ1) is 43.4. The van der Waals surface area contributed by atoms with Gasteiger partial charge in [-0.1, -0.05) is 228 Å². The molecule has 0 N–H and O–H groups in total. The molecule has 0 atom stereocenters. The quantitative estimate of drug-likeness (QED) is 0.0401. The summed E-state index contributed by atoms with van der Waals surface area (Å²) < 4.78 is 62.7. The van der Waals surface area contributed by atoms with Crippen LogP contribution in [0.1, 0.15) is 360 Å². The van der Waals surface area contributed by atoms with Gasteiger partial charge in [-0.15, -0.1) is 0 Å². The Labute approximate surface area is 598 Å². The maximum absolute atomic E-state index is 18.8. The molecule has 3 aromatic rings. The summed E-state index contributed by atoms with van der Waals surface area (Å²) in [6.45, 7) is 80.0. The number of hydrogen-bond acceptors (Lipinski definition) is 13. The molecular formula is C81H135O13PSi3. The van der Waals surface area contributed by atoms with Gasteiger partial charge in [0.05, 0.1) is 0 Å². The van der Waals surface area contributed by atoms with Crippen molar-refractivity contribution in [3.8, 4) is 17.2 Å². The molecular weight excluding hydrogens is 1300 g/mol. The topological polar surface area (TPSA) is 175 Å². The Balaban J connectivity index is 3.26. The van der Waals surface area contributed by atoms with Gasteiger partial charge in [0.1, 0.15) is 17.2 Å². The molecule has 0 saturated carbocycles. The Morgan fingerprint density at radius 2 is 0.418 bits per heavy atom. The van der Waals surface area contributed by atoms with Gasteiger partial charge in [0, 0.05) is 86.6 Å². The third-order valence-electron chi connectivity index (χ3n) is 21.4. The molecule has 0 bridgehead atoms. The van der Waals surface area contributed by atoms with Crippen molar-refractivity contribution in [2.24, 2.45) is 0 Å². The van der Waals surface area contributed by atoms with Crippen LogP contribution in [-0.4, -0.2) is 82.5 Å². The number of carbonyl (C=O) groups is 6. The third kappa shape index (κ3) is 19.0. The first-order valence-corrected chi connectivity index (χ1v) is 45.7. The molecule has 0 radical (unpaired) electrons. The summed E-state index contributed by atoms with van der Waals surface area (Å²) in [6.07, 6.45) is 5.36. The molecule has 98 heavy (non-hydrogen) atoms. The van der Waals surface area contributed by atoms with Crippen LogP contribution in [0, 0.1) is 0 Å². The van der Waals surface area contributed by atoms with Crippen LogP contribution in [0.2, 0.25) is 54.4 Å². The molecule has 0 spiro atoms. The zero-order chi connectivity index (χ0) is 77.1. The molecule has 0 unspecified atom stereocenters. The molecule has 0 fully saturated rings. The van der Waals surface area contributed by atoms with Gasteiger partial charge in [0.2, 0.25) is 0 Å². The summed E-state index contributed by atoms with van der Waals surface area (Å²) in [6, 6.07) is 0. The van der Waals surface area contributed by atoms with E-state index in [1.807, 2.05) is 166 Å². The number of phosphoric ester groups is 1. The van der Waals surface area contributed by atoms with Gasteiger partial charge in [-0.3, -0.25) is 28.8 Å². The number of rotatable bonds is 27. The van der Waals surface area contributed by atoms with E-state index in [-0.39, 0.29) is 85.6 Å². The van der Waals surface area contributed by atoms with Crippen LogP contribution in [0.5, 0.6) is 17.2 Å². The first kappa shape index (κ1) is 88.1. The average Bonchev–Trinajstić information content (AvgIpc) is 0.726. The van der Waals surface area contributed by atoms with E-state index in [1.54, 1.807) is 0 Å². The van der Waals surface area contributed by atoms with Crippen molar-refractivity contribution in [3.63, 3.8) is 0 Å². The van der Waals surface area contributed by atoms with Crippen LogP contribution in [0.15, 0.2) is 0 Å². The van der Waals surface area contributed by atoms with Crippen LogP contribution in [0.4, 0.5) is 0 Å². The molecule has 3 rings (SSSR count). The van der Waals surface area contributed by atoms with E-state index < -0.39 is 81.5 Å². The molecule has 3 aromatic carbocycles. The van der Waals surface area contributed by atoms with Crippen LogP contribution in [0.3, 0.4) is 0 Å². The summed E-state index contributed by atoms with van der Waals surface area (Å²) in [5, 5.41) is -0.469. The standard InChI is InChI=1S/C81H135O13PSi3/c1-70(2,3)58-52(46-82)61(73(10,11)12)67(64(55(58)49-85)79(28,29)40-43-89-96(34,35)76(19,20)21)92-95(88,93-68-62(74(13,14)15)53(47-83)59(71(4,5)6)56(50-86)65(68)80(30,31)41-44-90-97(36,37)77(22,23)24)94-69-63(75(16,17)18)54(48-84)60(72(7,8)9)57(51-87)66(69)81(32,33)42-45-91-98(38,39)78(25,26)27/h46-51H,40-45H2,1-39H3. The van der Waals surface area contributed by atoms with Crippen molar-refractivity contribution in [1.82, 2.24) is 0 Å². The fourth-order valence-corrected chi connectivity index (χ4v) is 17.5. The lowest BCUT2D eigenvalue weighted by Gasteiger charge is -2.41. The number of aldehydes is 6. The minimum Gasteiger partial charge on any atom is -0.417 e. The molecule has 0 amide bonds. The van der Waals surface area contributed by atoms with Gasteiger partial charge in [0.15, 0.2) is 62.7 Å².